The Labute approximate surface area is 115 Å². The summed E-state index contributed by atoms with van der Waals surface area (Å²) in [6, 6.07) is 0. The molecule has 0 aromatic heterocycles. The monoisotopic (exact) mass is 282 g/mol. The van der Waals surface area contributed by atoms with Gasteiger partial charge in [0.05, 0.1) is 27.6 Å². The van der Waals surface area contributed by atoms with Crippen molar-refractivity contribution >= 4 is 24.3 Å². The van der Waals surface area contributed by atoms with Crippen LogP contribution in [0.2, 0.25) is 0 Å². The number of carbonyl (C=O) groups excluding carboxylic acids is 1. The molecule has 108 valence electrons. The second-order valence-corrected chi connectivity index (χ2v) is 5.29. The number of hydrogen-bond acceptors (Lipinski definition) is 3. The molecule has 0 saturated heterocycles. The lowest BCUT2D eigenvalue weighted by Gasteiger charge is -2.28. The van der Waals surface area contributed by atoms with Gasteiger partial charge in [-0.2, -0.15) is 0 Å². The minimum Gasteiger partial charge on any atom is -0.481 e. The van der Waals surface area contributed by atoms with Crippen molar-refractivity contribution in [3.05, 3.63) is 0 Å². The fraction of sp³-hybridized carbons (Fsp3) is 0.833. The number of likely N-dealkylation sites (N-methyl/N-ethyl adjacent to an activating group) is 1. The number of rotatable bonds is 8. The highest BCUT2D eigenvalue weighted by molar-refractivity contribution is 5.85. The maximum absolute atomic E-state index is 11.5. The summed E-state index contributed by atoms with van der Waals surface area (Å²) in [5.41, 5.74) is 0. The summed E-state index contributed by atoms with van der Waals surface area (Å²) >= 11 is 0. The standard InChI is InChI=1S/C12H23NO4.ClH/c1-5-6-7-12(16)17-10(8-11(14)15)9-13(2,3)4;/h10H,5-9H2,1-4H3;1H/p+1/t10-;/m1./s1. The quantitative estimate of drug-likeness (QED) is 0.544. The van der Waals surface area contributed by atoms with E-state index in [9.17, 15) is 9.59 Å². The first-order valence-electron chi connectivity index (χ1n) is 5.96. The number of aliphatic carboxylic acids is 1. The summed E-state index contributed by atoms with van der Waals surface area (Å²) in [5.74, 6) is -1.24. The zero-order valence-corrected chi connectivity index (χ0v) is 12.5. The molecule has 18 heavy (non-hydrogen) atoms. The van der Waals surface area contributed by atoms with E-state index in [0.717, 1.165) is 12.8 Å². The average molecular weight is 283 g/mol. The van der Waals surface area contributed by atoms with Gasteiger partial charge in [-0.1, -0.05) is 13.3 Å². The van der Waals surface area contributed by atoms with Gasteiger partial charge in [0, 0.05) is 6.42 Å². The van der Waals surface area contributed by atoms with Gasteiger partial charge >= 0.3 is 11.9 Å². The lowest BCUT2D eigenvalue weighted by atomic mass is 10.2. The van der Waals surface area contributed by atoms with Crippen LogP contribution in [0.25, 0.3) is 0 Å². The molecule has 0 rings (SSSR count). The Hall–Kier alpha value is -0.810. The van der Waals surface area contributed by atoms with E-state index in [2.05, 4.69) is 0 Å². The van der Waals surface area contributed by atoms with Crippen molar-refractivity contribution in [1.29, 1.82) is 0 Å². The third-order valence-electron chi connectivity index (χ3n) is 2.19. The summed E-state index contributed by atoms with van der Waals surface area (Å²) in [7, 11) is 5.82. The van der Waals surface area contributed by atoms with E-state index in [4.69, 9.17) is 9.84 Å². The van der Waals surface area contributed by atoms with E-state index in [1.165, 1.54) is 0 Å². The number of nitrogens with zero attached hydrogens (tertiary/aromatic N) is 1. The molecule has 0 aliphatic rings. The smallest absolute Gasteiger partial charge is 0.307 e. The van der Waals surface area contributed by atoms with Gasteiger partial charge in [0.2, 0.25) is 0 Å². The van der Waals surface area contributed by atoms with E-state index in [1.807, 2.05) is 28.1 Å². The average Bonchev–Trinajstić information content (AvgIpc) is 2.10. The molecule has 0 unspecified atom stereocenters. The number of ether oxygens (including phenoxy) is 1. The van der Waals surface area contributed by atoms with Crippen molar-refractivity contribution < 1.29 is 23.9 Å². The van der Waals surface area contributed by atoms with Crippen LogP contribution >= 0.6 is 12.4 Å². The van der Waals surface area contributed by atoms with E-state index in [-0.39, 0.29) is 24.8 Å². The van der Waals surface area contributed by atoms with Crippen LogP contribution in [0, 0.1) is 0 Å². The predicted molar refractivity (Wildman–Crippen MR) is 71.8 cm³/mol. The first-order chi connectivity index (χ1) is 7.74. The lowest BCUT2D eigenvalue weighted by Crippen LogP contribution is -2.43. The van der Waals surface area contributed by atoms with Crippen molar-refractivity contribution in [2.75, 3.05) is 27.7 Å². The number of carbonyl (C=O) groups is 2. The molecule has 1 atom stereocenters. The van der Waals surface area contributed by atoms with Gasteiger partial charge in [-0.15, -0.1) is 12.4 Å². The van der Waals surface area contributed by atoms with Crippen LogP contribution in [-0.2, 0) is 14.3 Å². The second-order valence-electron chi connectivity index (χ2n) is 5.29. The zero-order chi connectivity index (χ0) is 13.5. The van der Waals surface area contributed by atoms with E-state index in [1.54, 1.807) is 0 Å². The Kier molecular flexibility index (Phi) is 9.94. The molecule has 1 N–H and O–H groups in total. The number of quaternary nitrogens is 1. The topological polar surface area (TPSA) is 63.6 Å². The van der Waals surface area contributed by atoms with Crippen molar-refractivity contribution in [2.24, 2.45) is 0 Å². The van der Waals surface area contributed by atoms with Gasteiger partial charge in [0.1, 0.15) is 6.54 Å². The molecular weight excluding hydrogens is 258 g/mol. The van der Waals surface area contributed by atoms with Gasteiger partial charge < -0.3 is 14.3 Å². The van der Waals surface area contributed by atoms with Crippen LogP contribution in [0.5, 0.6) is 0 Å². The second kappa shape index (κ2) is 9.16. The molecule has 0 aliphatic carbocycles. The van der Waals surface area contributed by atoms with Crippen molar-refractivity contribution in [3.63, 3.8) is 0 Å². The Balaban J connectivity index is 0. The number of hydrogen-bond donors (Lipinski definition) is 1. The van der Waals surface area contributed by atoms with E-state index >= 15 is 0 Å². The highest BCUT2D eigenvalue weighted by atomic mass is 35.5. The fourth-order valence-corrected chi connectivity index (χ4v) is 1.52. The molecule has 0 aromatic rings. The van der Waals surface area contributed by atoms with Gasteiger partial charge in [-0.3, -0.25) is 9.59 Å². The molecule has 0 amide bonds. The maximum Gasteiger partial charge on any atom is 0.307 e. The SMILES string of the molecule is CCCCC(=O)O[C@H](CC(=O)O)C[N+](C)(C)C.Cl. The molecule has 0 spiro atoms. The summed E-state index contributed by atoms with van der Waals surface area (Å²) in [6.45, 7) is 2.50. The number of carboxylic acids is 1. The molecular formula is C12H25ClNO4+. The molecule has 6 heteroatoms. The van der Waals surface area contributed by atoms with Crippen LogP contribution < -0.4 is 0 Å². The number of unbranched alkanes of at least 4 members (excludes halogenated alkanes) is 1. The van der Waals surface area contributed by atoms with Crippen molar-refractivity contribution in [2.45, 2.75) is 38.7 Å². The maximum atomic E-state index is 11.5. The number of halogens is 1. The summed E-state index contributed by atoms with van der Waals surface area (Å²) in [6.07, 6.45) is 1.39. The third kappa shape index (κ3) is 11.7. The summed E-state index contributed by atoms with van der Waals surface area (Å²) in [4.78, 5) is 22.2. The van der Waals surface area contributed by atoms with Crippen LogP contribution in [-0.4, -0.2) is 55.3 Å². The Morgan fingerprint density at radius 3 is 2.22 bits per heavy atom. The predicted octanol–water partition coefficient (Wildman–Crippen LogP) is 1.69. The molecule has 0 fully saturated rings. The molecule has 0 radical (unpaired) electrons. The first-order valence-corrected chi connectivity index (χ1v) is 5.96. The van der Waals surface area contributed by atoms with Crippen LogP contribution in [0.4, 0.5) is 0 Å². The molecule has 0 aliphatic heterocycles. The van der Waals surface area contributed by atoms with Crippen LogP contribution in [0.1, 0.15) is 32.6 Å². The first kappa shape index (κ1) is 19.5. The fourth-order valence-electron chi connectivity index (χ4n) is 1.52. The molecule has 0 aromatic carbocycles. The number of esters is 1. The highest BCUT2D eigenvalue weighted by Crippen LogP contribution is 2.07. The van der Waals surface area contributed by atoms with Crippen molar-refractivity contribution in [3.8, 4) is 0 Å². The molecule has 0 heterocycles. The van der Waals surface area contributed by atoms with E-state index < -0.39 is 12.1 Å². The summed E-state index contributed by atoms with van der Waals surface area (Å²) in [5, 5.41) is 8.77. The Bertz CT molecular complexity index is 263. The lowest BCUT2D eigenvalue weighted by molar-refractivity contribution is -0.873. The zero-order valence-electron chi connectivity index (χ0n) is 11.6. The van der Waals surface area contributed by atoms with E-state index in [0.29, 0.717) is 17.4 Å². The largest absolute Gasteiger partial charge is 0.481 e. The van der Waals surface area contributed by atoms with Gasteiger partial charge in [-0.05, 0) is 6.42 Å². The third-order valence-corrected chi connectivity index (χ3v) is 2.19. The van der Waals surface area contributed by atoms with Crippen LogP contribution in [0.3, 0.4) is 0 Å². The van der Waals surface area contributed by atoms with Gasteiger partial charge in [0.15, 0.2) is 6.10 Å². The van der Waals surface area contributed by atoms with Gasteiger partial charge in [-0.25, -0.2) is 0 Å². The molecule has 5 nitrogen and oxygen atoms in total. The minimum atomic E-state index is -0.938. The Morgan fingerprint density at radius 1 is 1.28 bits per heavy atom. The Morgan fingerprint density at radius 2 is 1.83 bits per heavy atom. The normalized spacial score (nSPS) is 12.4. The number of carboxylic acid groups (broad SMARTS) is 1. The summed E-state index contributed by atoms with van der Waals surface area (Å²) < 4.78 is 5.77. The van der Waals surface area contributed by atoms with Crippen molar-refractivity contribution in [1.82, 2.24) is 0 Å². The van der Waals surface area contributed by atoms with Crippen LogP contribution in [0.15, 0.2) is 0 Å². The minimum absolute atomic E-state index is 0. The molecule has 0 saturated carbocycles. The molecule has 0 bridgehead atoms. The van der Waals surface area contributed by atoms with Gasteiger partial charge in [0.25, 0.3) is 0 Å². The highest BCUT2D eigenvalue weighted by Gasteiger charge is 2.24.